The molecule has 0 aromatic carbocycles. The van der Waals surface area contributed by atoms with Crippen LogP contribution in [0.1, 0.15) is 27.2 Å². The largest absolute Gasteiger partial charge is 0.392 e. The van der Waals surface area contributed by atoms with Gasteiger partial charge in [0.25, 0.3) is 0 Å². The fraction of sp³-hybridized carbons (Fsp3) is 0.538. The second-order valence-corrected chi connectivity index (χ2v) is 4.21. The van der Waals surface area contributed by atoms with Gasteiger partial charge in [0.1, 0.15) is 6.10 Å². The van der Waals surface area contributed by atoms with Gasteiger partial charge in [-0.15, -0.1) is 0 Å². The zero-order chi connectivity index (χ0) is 11.4. The van der Waals surface area contributed by atoms with Crippen LogP contribution in [-0.2, 0) is 4.74 Å². The minimum absolute atomic E-state index is 0.0859. The smallest absolute Gasteiger partial charge is 0.103 e. The van der Waals surface area contributed by atoms with Crippen LogP contribution in [-0.4, -0.2) is 23.9 Å². The Morgan fingerprint density at radius 1 is 1.40 bits per heavy atom. The van der Waals surface area contributed by atoms with Gasteiger partial charge in [0.2, 0.25) is 0 Å². The predicted octanol–water partition coefficient (Wildman–Crippen LogP) is 2.60. The first-order chi connectivity index (χ1) is 7.06. The van der Waals surface area contributed by atoms with Crippen LogP contribution < -0.4 is 0 Å². The molecule has 0 unspecified atom stereocenters. The van der Waals surface area contributed by atoms with Gasteiger partial charge in [-0.25, -0.2) is 0 Å². The molecule has 1 rings (SSSR count). The summed E-state index contributed by atoms with van der Waals surface area (Å²) in [5.41, 5.74) is 3.73. The van der Waals surface area contributed by atoms with Crippen molar-refractivity contribution in [3.05, 3.63) is 35.5 Å². The third kappa shape index (κ3) is 3.65. The lowest BCUT2D eigenvalue weighted by molar-refractivity contribution is 0.341. The molecule has 0 aromatic heterocycles. The van der Waals surface area contributed by atoms with Crippen LogP contribution in [0.25, 0.3) is 0 Å². The van der Waals surface area contributed by atoms with Crippen molar-refractivity contribution in [2.45, 2.75) is 39.4 Å². The summed E-state index contributed by atoms with van der Waals surface area (Å²) in [5.74, 6) is 0. The number of aliphatic hydroxyl groups is 1. The fourth-order valence-electron chi connectivity index (χ4n) is 1.69. The van der Waals surface area contributed by atoms with E-state index in [1.165, 1.54) is 11.1 Å². The number of ether oxygens (including phenoxy) is 1. The Bertz CT molecular complexity index is 296. The number of epoxide rings is 1. The molecule has 0 aliphatic carbocycles. The van der Waals surface area contributed by atoms with Crippen molar-refractivity contribution in [3.63, 3.8) is 0 Å². The minimum Gasteiger partial charge on any atom is -0.392 e. The highest BCUT2D eigenvalue weighted by atomic mass is 16.6. The molecule has 1 aliphatic heterocycles. The van der Waals surface area contributed by atoms with Gasteiger partial charge in [-0.05, 0) is 26.3 Å². The second-order valence-electron chi connectivity index (χ2n) is 4.21. The summed E-state index contributed by atoms with van der Waals surface area (Å²) >= 11 is 0. The lowest BCUT2D eigenvalue weighted by Gasteiger charge is -2.07. The standard InChI is InChI=1S/C13H20O2/c1-9(2)11(10(3)4)8-13-12(15-13)6-5-7-14/h5-6,12-14H,1,7-8H2,2-4H3/b6-5+/t12-,13-/m0/s1. The summed E-state index contributed by atoms with van der Waals surface area (Å²) in [6, 6.07) is 0. The van der Waals surface area contributed by atoms with Crippen LogP contribution in [0.4, 0.5) is 0 Å². The summed E-state index contributed by atoms with van der Waals surface area (Å²) in [7, 11) is 0. The number of hydrogen-bond donors (Lipinski definition) is 1. The molecule has 2 atom stereocenters. The Balaban J connectivity index is 2.47. The zero-order valence-corrected chi connectivity index (χ0v) is 9.79. The van der Waals surface area contributed by atoms with E-state index in [0.29, 0.717) is 0 Å². The molecule has 0 saturated carbocycles. The van der Waals surface area contributed by atoms with Crippen molar-refractivity contribution in [1.29, 1.82) is 0 Å². The molecule has 1 heterocycles. The highest BCUT2D eigenvalue weighted by Crippen LogP contribution is 2.32. The maximum Gasteiger partial charge on any atom is 0.103 e. The molecule has 1 fully saturated rings. The molecule has 15 heavy (non-hydrogen) atoms. The van der Waals surface area contributed by atoms with Gasteiger partial charge < -0.3 is 9.84 Å². The SMILES string of the molecule is C=C(C)C(C[C@@H]1O[C@H]1/C=C/CO)=C(C)C. The van der Waals surface area contributed by atoms with Crippen LogP contribution in [0, 0.1) is 0 Å². The molecule has 2 nitrogen and oxygen atoms in total. The summed E-state index contributed by atoms with van der Waals surface area (Å²) in [6.07, 6.45) is 5.04. The van der Waals surface area contributed by atoms with E-state index < -0.39 is 0 Å². The van der Waals surface area contributed by atoms with E-state index >= 15 is 0 Å². The fourth-order valence-corrected chi connectivity index (χ4v) is 1.69. The number of allylic oxidation sites excluding steroid dienone is 2. The molecule has 1 saturated heterocycles. The normalized spacial score (nSPS) is 24.3. The van der Waals surface area contributed by atoms with Crippen LogP contribution in [0.2, 0.25) is 0 Å². The predicted molar refractivity (Wildman–Crippen MR) is 62.7 cm³/mol. The average Bonchev–Trinajstić information content (AvgIpc) is 2.88. The van der Waals surface area contributed by atoms with Gasteiger partial charge >= 0.3 is 0 Å². The van der Waals surface area contributed by atoms with E-state index in [1.807, 2.05) is 13.0 Å². The van der Waals surface area contributed by atoms with Crippen molar-refractivity contribution < 1.29 is 9.84 Å². The van der Waals surface area contributed by atoms with Crippen LogP contribution >= 0.6 is 0 Å². The van der Waals surface area contributed by atoms with E-state index in [0.717, 1.165) is 12.0 Å². The molecule has 1 N–H and O–H groups in total. The first-order valence-corrected chi connectivity index (χ1v) is 5.31. The first kappa shape index (κ1) is 12.2. The summed E-state index contributed by atoms with van der Waals surface area (Å²) in [5, 5.41) is 8.62. The maximum atomic E-state index is 8.62. The van der Waals surface area contributed by atoms with E-state index in [4.69, 9.17) is 9.84 Å². The van der Waals surface area contributed by atoms with Crippen molar-refractivity contribution in [2.75, 3.05) is 6.61 Å². The van der Waals surface area contributed by atoms with E-state index in [-0.39, 0.29) is 18.8 Å². The number of aliphatic hydroxyl groups excluding tert-OH is 1. The third-order valence-electron chi connectivity index (χ3n) is 2.58. The Morgan fingerprint density at radius 3 is 2.53 bits per heavy atom. The molecule has 0 spiro atoms. The zero-order valence-electron chi connectivity index (χ0n) is 9.79. The van der Waals surface area contributed by atoms with E-state index in [2.05, 4.69) is 20.4 Å². The van der Waals surface area contributed by atoms with Crippen molar-refractivity contribution in [1.82, 2.24) is 0 Å². The molecule has 0 radical (unpaired) electrons. The van der Waals surface area contributed by atoms with Gasteiger partial charge in [0, 0.05) is 6.42 Å². The average molecular weight is 208 g/mol. The molecule has 2 heteroatoms. The van der Waals surface area contributed by atoms with E-state index in [1.54, 1.807) is 6.08 Å². The summed E-state index contributed by atoms with van der Waals surface area (Å²) in [4.78, 5) is 0. The Hall–Kier alpha value is -0.860. The molecular weight excluding hydrogens is 188 g/mol. The Kier molecular flexibility index (Phi) is 4.30. The summed E-state index contributed by atoms with van der Waals surface area (Å²) in [6.45, 7) is 10.3. The summed E-state index contributed by atoms with van der Waals surface area (Å²) < 4.78 is 5.48. The highest BCUT2D eigenvalue weighted by Gasteiger charge is 2.36. The molecule has 0 bridgehead atoms. The lowest BCUT2D eigenvalue weighted by Crippen LogP contribution is -1.97. The maximum absolute atomic E-state index is 8.62. The van der Waals surface area contributed by atoms with Gasteiger partial charge in [-0.1, -0.05) is 29.9 Å². The Morgan fingerprint density at radius 2 is 2.07 bits per heavy atom. The third-order valence-corrected chi connectivity index (χ3v) is 2.58. The molecule has 0 aromatic rings. The second kappa shape index (κ2) is 5.29. The lowest BCUT2D eigenvalue weighted by atomic mass is 9.98. The Labute approximate surface area is 92.0 Å². The molecule has 0 amide bonds. The van der Waals surface area contributed by atoms with Crippen molar-refractivity contribution in [3.8, 4) is 0 Å². The molecule has 84 valence electrons. The first-order valence-electron chi connectivity index (χ1n) is 5.31. The van der Waals surface area contributed by atoms with Gasteiger partial charge in [-0.3, -0.25) is 0 Å². The van der Waals surface area contributed by atoms with Gasteiger partial charge in [0.05, 0.1) is 12.7 Å². The monoisotopic (exact) mass is 208 g/mol. The quantitative estimate of drug-likeness (QED) is 0.428. The molecular formula is C13H20O2. The van der Waals surface area contributed by atoms with Crippen LogP contribution in [0.15, 0.2) is 35.5 Å². The van der Waals surface area contributed by atoms with Crippen molar-refractivity contribution >= 4 is 0 Å². The molecule has 1 aliphatic rings. The number of hydrogen-bond acceptors (Lipinski definition) is 2. The van der Waals surface area contributed by atoms with Crippen LogP contribution in [0.5, 0.6) is 0 Å². The minimum atomic E-state index is 0.0859. The topological polar surface area (TPSA) is 32.8 Å². The highest BCUT2D eigenvalue weighted by molar-refractivity contribution is 5.32. The van der Waals surface area contributed by atoms with Gasteiger partial charge in [0.15, 0.2) is 0 Å². The van der Waals surface area contributed by atoms with Crippen molar-refractivity contribution in [2.24, 2.45) is 0 Å². The van der Waals surface area contributed by atoms with Gasteiger partial charge in [-0.2, -0.15) is 0 Å². The van der Waals surface area contributed by atoms with E-state index in [9.17, 15) is 0 Å². The number of rotatable bonds is 5. The van der Waals surface area contributed by atoms with Crippen LogP contribution in [0.3, 0.4) is 0 Å².